The Labute approximate surface area is 124 Å². The van der Waals surface area contributed by atoms with Gasteiger partial charge < -0.3 is 10.6 Å². The van der Waals surface area contributed by atoms with E-state index in [-0.39, 0.29) is 4.90 Å². The minimum atomic E-state index is -3.77. The third-order valence-corrected chi connectivity index (χ3v) is 4.56. The number of nitrogens with zero attached hydrogens (tertiary/aromatic N) is 1. The van der Waals surface area contributed by atoms with Gasteiger partial charge in [0.1, 0.15) is 0 Å². The molecule has 0 spiro atoms. The monoisotopic (exact) mass is 303 g/mol. The van der Waals surface area contributed by atoms with Crippen LogP contribution in [0.25, 0.3) is 0 Å². The molecule has 0 bridgehead atoms. The summed E-state index contributed by atoms with van der Waals surface area (Å²) in [5.74, 6) is 0. The third-order valence-electron chi connectivity index (χ3n) is 3.66. The average molecular weight is 303 g/mol. The standard InChI is InChI=1S/C15H17N3O2S/c16-12-8-13(10-14(9-12)21(17,19)20)18-7-3-5-11-4-1-2-6-15(11)18/h1-2,4,6,8-10H,3,5,7,16H2,(H2,17,19,20). The van der Waals surface area contributed by atoms with Crippen molar-refractivity contribution < 1.29 is 8.42 Å². The number of rotatable bonds is 2. The molecule has 0 fully saturated rings. The van der Waals surface area contributed by atoms with Crippen molar-refractivity contribution in [3.63, 3.8) is 0 Å². The molecule has 0 aliphatic carbocycles. The van der Waals surface area contributed by atoms with E-state index in [1.54, 1.807) is 12.1 Å². The van der Waals surface area contributed by atoms with E-state index in [1.165, 1.54) is 11.6 Å². The van der Waals surface area contributed by atoms with Crippen LogP contribution in [0.2, 0.25) is 0 Å². The number of primary sulfonamides is 1. The Kier molecular flexibility index (Phi) is 3.35. The van der Waals surface area contributed by atoms with E-state index in [0.717, 1.165) is 30.8 Å². The van der Waals surface area contributed by atoms with Crippen molar-refractivity contribution >= 4 is 27.1 Å². The lowest BCUT2D eigenvalue weighted by Gasteiger charge is -2.31. The second-order valence-corrected chi connectivity index (χ2v) is 6.75. The number of nitrogens with two attached hydrogens (primary N) is 2. The molecule has 1 aliphatic rings. The van der Waals surface area contributed by atoms with Crippen LogP contribution in [0.3, 0.4) is 0 Å². The van der Waals surface area contributed by atoms with Crippen LogP contribution in [0.15, 0.2) is 47.4 Å². The molecular weight excluding hydrogens is 286 g/mol. The molecule has 2 aromatic carbocycles. The second-order valence-electron chi connectivity index (χ2n) is 5.19. The summed E-state index contributed by atoms with van der Waals surface area (Å²) in [6, 6.07) is 12.9. The fraction of sp³-hybridized carbons (Fsp3) is 0.200. The summed E-state index contributed by atoms with van der Waals surface area (Å²) in [6.07, 6.45) is 2.04. The zero-order valence-electron chi connectivity index (χ0n) is 11.5. The topological polar surface area (TPSA) is 89.4 Å². The largest absolute Gasteiger partial charge is 0.399 e. The lowest BCUT2D eigenvalue weighted by molar-refractivity contribution is 0.598. The summed E-state index contributed by atoms with van der Waals surface area (Å²) < 4.78 is 23.1. The molecule has 21 heavy (non-hydrogen) atoms. The zero-order chi connectivity index (χ0) is 15.0. The van der Waals surface area contributed by atoms with Gasteiger partial charge in [-0.05, 0) is 42.7 Å². The van der Waals surface area contributed by atoms with Crippen LogP contribution >= 0.6 is 0 Å². The quantitative estimate of drug-likeness (QED) is 0.830. The van der Waals surface area contributed by atoms with Gasteiger partial charge in [-0.25, -0.2) is 13.6 Å². The van der Waals surface area contributed by atoms with Crippen LogP contribution in [0.1, 0.15) is 12.0 Å². The molecule has 0 saturated heterocycles. The van der Waals surface area contributed by atoms with Crippen molar-refractivity contribution in [1.82, 2.24) is 0 Å². The Hall–Kier alpha value is -2.05. The van der Waals surface area contributed by atoms with Gasteiger partial charge in [-0.3, -0.25) is 0 Å². The highest BCUT2D eigenvalue weighted by atomic mass is 32.2. The maximum Gasteiger partial charge on any atom is 0.238 e. The molecule has 0 unspecified atom stereocenters. The average Bonchev–Trinajstić information content (AvgIpc) is 2.45. The van der Waals surface area contributed by atoms with Gasteiger partial charge in [0.2, 0.25) is 10.0 Å². The first-order valence-corrected chi connectivity index (χ1v) is 8.28. The van der Waals surface area contributed by atoms with Crippen molar-refractivity contribution in [1.29, 1.82) is 0 Å². The minimum Gasteiger partial charge on any atom is -0.399 e. The fourth-order valence-corrected chi connectivity index (χ4v) is 3.31. The molecule has 0 atom stereocenters. The Morgan fingerprint density at radius 2 is 1.86 bits per heavy atom. The normalized spacial score (nSPS) is 14.8. The number of hydrogen-bond donors (Lipinski definition) is 2. The molecule has 0 aromatic heterocycles. The van der Waals surface area contributed by atoms with Gasteiger partial charge in [-0.1, -0.05) is 18.2 Å². The molecule has 4 N–H and O–H groups in total. The summed E-state index contributed by atoms with van der Waals surface area (Å²) >= 11 is 0. The van der Waals surface area contributed by atoms with Gasteiger partial charge in [-0.15, -0.1) is 0 Å². The van der Waals surface area contributed by atoms with Crippen LogP contribution in [0.4, 0.5) is 17.1 Å². The summed E-state index contributed by atoms with van der Waals surface area (Å²) in [7, 11) is -3.77. The third kappa shape index (κ3) is 2.72. The highest BCUT2D eigenvalue weighted by Crippen LogP contribution is 2.35. The summed E-state index contributed by atoms with van der Waals surface area (Å²) in [4.78, 5) is 2.13. The lowest BCUT2D eigenvalue weighted by Crippen LogP contribution is -2.25. The van der Waals surface area contributed by atoms with Crippen molar-refractivity contribution in [3.8, 4) is 0 Å². The molecule has 6 heteroatoms. The molecule has 0 radical (unpaired) electrons. The number of hydrogen-bond acceptors (Lipinski definition) is 4. The number of para-hydroxylation sites is 1. The maximum atomic E-state index is 11.6. The van der Waals surface area contributed by atoms with E-state index < -0.39 is 10.0 Å². The number of nitrogen functional groups attached to an aromatic ring is 1. The number of benzene rings is 2. The SMILES string of the molecule is Nc1cc(N2CCCc3ccccc32)cc(S(N)(=O)=O)c1. The molecular formula is C15H17N3O2S. The van der Waals surface area contributed by atoms with Crippen LogP contribution in [0.5, 0.6) is 0 Å². The number of fused-ring (bicyclic) bond motifs is 1. The zero-order valence-corrected chi connectivity index (χ0v) is 12.3. The molecule has 1 aliphatic heterocycles. The minimum absolute atomic E-state index is 0.0422. The van der Waals surface area contributed by atoms with E-state index in [1.807, 2.05) is 18.2 Å². The molecule has 5 nitrogen and oxygen atoms in total. The van der Waals surface area contributed by atoms with E-state index in [2.05, 4.69) is 11.0 Å². The van der Waals surface area contributed by atoms with Gasteiger partial charge >= 0.3 is 0 Å². The Bertz CT molecular complexity index is 787. The first kappa shape index (κ1) is 13.9. The number of aryl methyl sites for hydroxylation is 1. The van der Waals surface area contributed by atoms with E-state index in [4.69, 9.17) is 10.9 Å². The smallest absolute Gasteiger partial charge is 0.238 e. The van der Waals surface area contributed by atoms with Gasteiger partial charge in [0.05, 0.1) is 4.90 Å². The van der Waals surface area contributed by atoms with E-state index in [0.29, 0.717) is 5.69 Å². The first-order chi connectivity index (χ1) is 9.95. The van der Waals surface area contributed by atoms with E-state index in [9.17, 15) is 8.42 Å². The van der Waals surface area contributed by atoms with Crippen molar-refractivity contribution in [2.45, 2.75) is 17.7 Å². The Morgan fingerprint density at radius 1 is 1.10 bits per heavy atom. The van der Waals surface area contributed by atoms with Crippen molar-refractivity contribution in [3.05, 3.63) is 48.0 Å². The highest BCUT2D eigenvalue weighted by molar-refractivity contribution is 7.89. The fourth-order valence-electron chi connectivity index (χ4n) is 2.73. The molecule has 1 heterocycles. The van der Waals surface area contributed by atoms with Crippen molar-refractivity contribution in [2.24, 2.45) is 5.14 Å². The van der Waals surface area contributed by atoms with E-state index >= 15 is 0 Å². The van der Waals surface area contributed by atoms with Crippen LogP contribution < -0.4 is 15.8 Å². The number of anilines is 3. The highest BCUT2D eigenvalue weighted by Gasteiger charge is 2.20. The molecule has 3 rings (SSSR count). The lowest BCUT2D eigenvalue weighted by atomic mass is 10.0. The van der Waals surface area contributed by atoms with Crippen LogP contribution in [-0.4, -0.2) is 15.0 Å². The summed E-state index contributed by atoms with van der Waals surface area (Å²) in [6.45, 7) is 0.824. The molecule has 110 valence electrons. The summed E-state index contributed by atoms with van der Waals surface area (Å²) in [5, 5.41) is 5.22. The predicted molar refractivity (Wildman–Crippen MR) is 84.0 cm³/mol. The number of sulfonamides is 1. The van der Waals surface area contributed by atoms with Gasteiger partial charge in [0.15, 0.2) is 0 Å². The second kappa shape index (κ2) is 5.05. The van der Waals surface area contributed by atoms with Crippen LogP contribution in [0, 0.1) is 0 Å². The Balaban J connectivity index is 2.12. The Morgan fingerprint density at radius 3 is 2.62 bits per heavy atom. The van der Waals surface area contributed by atoms with Crippen molar-refractivity contribution in [2.75, 3.05) is 17.2 Å². The molecule has 2 aromatic rings. The first-order valence-electron chi connectivity index (χ1n) is 6.74. The van der Waals surface area contributed by atoms with Gasteiger partial charge in [0, 0.05) is 23.6 Å². The molecule has 0 saturated carbocycles. The predicted octanol–water partition coefficient (Wildman–Crippen LogP) is 2.00. The van der Waals surface area contributed by atoms with Crippen LogP contribution in [-0.2, 0) is 16.4 Å². The van der Waals surface area contributed by atoms with Gasteiger partial charge in [-0.2, -0.15) is 0 Å². The molecule has 0 amide bonds. The van der Waals surface area contributed by atoms with Gasteiger partial charge in [0.25, 0.3) is 0 Å². The summed E-state index contributed by atoms with van der Waals surface area (Å²) in [5.41, 5.74) is 9.33. The maximum absolute atomic E-state index is 11.6.